The lowest BCUT2D eigenvalue weighted by atomic mass is 10.2. The van der Waals surface area contributed by atoms with Crippen molar-refractivity contribution >= 4 is 28.9 Å². The smallest absolute Gasteiger partial charge is 0.255 e. The molecule has 20 heavy (non-hydrogen) atoms. The monoisotopic (exact) mass is 322 g/mol. The first-order valence-electron chi connectivity index (χ1n) is 5.66. The van der Waals surface area contributed by atoms with E-state index in [-0.39, 0.29) is 23.4 Å². The van der Waals surface area contributed by atoms with E-state index in [1.807, 2.05) is 0 Å². The number of aromatic nitrogens is 1. The van der Waals surface area contributed by atoms with Crippen LogP contribution in [0.25, 0.3) is 0 Å². The Morgan fingerprint density at radius 1 is 1.50 bits per heavy atom. The quantitative estimate of drug-likeness (QED) is 0.614. The minimum atomic E-state index is -2.53. The van der Waals surface area contributed by atoms with Gasteiger partial charge in [-0.15, -0.1) is 0 Å². The molecule has 0 aliphatic carbocycles. The van der Waals surface area contributed by atoms with Crippen molar-refractivity contribution in [2.75, 3.05) is 13.2 Å². The van der Waals surface area contributed by atoms with Crippen LogP contribution in [0.15, 0.2) is 24.0 Å². The summed E-state index contributed by atoms with van der Waals surface area (Å²) in [6.45, 7) is -0.291. The second-order valence-corrected chi connectivity index (χ2v) is 4.89. The molecule has 1 aromatic rings. The Balaban J connectivity index is 2.17. The predicted octanol–water partition coefficient (Wildman–Crippen LogP) is 3.18. The van der Waals surface area contributed by atoms with Crippen LogP contribution in [0, 0.1) is 5.82 Å². The average molecular weight is 323 g/mol. The molecule has 0 amide bonds. The van der Waals surface area contributed by atoms with Crippen molar-refractivity contribution in [3.63, 3.8) is 0 Å². The van der Waals surface area contributed by atoms with Crippen molar-refractivity contribution in [3.05, 3.63) is 40.6 Å². The Kier molecular flexibility index (Phi) is 4.82. The van der Waals surface area contributed by atoms with Crippen molar-refractivity contribution in [3.8, 4) is 0 Å². The van der Waals surface area contributed by atoms with E-state index in [4.69, 9.17) is 28.6 Å². The van der Waals surface area contributed by atoms with Crippen LogP contribution >= 0.6 is 23.8 Å². The second-order valence-electron chi connectivity index (χ2n) is 4.13. The Labute approximate surface area is 124 Å². The van der Waals surface area contributed by atoms with Gasteiger partial charge in [0.15, 0.2) is 16.0 Å². The predicted molar refractivity (Wildman–Crippen MR) is 72.3 cm³/mol. The standard InChI is InChI=1S/C12H10ClF3N2OS/c13-12-9(14)1-7(3-17-12)4-18(5-10(15)16)8-2-11(20)19-6-8/h1-3,10H,4-6H2. The fourth-order valence-electron chi connectivity index (χ4n) is 1.76. The number of hydrogen-bond acceptors (Lipinski definition) is 4. The highest BCUT2D eigenvalue weighted by Gasteiger charge is 2.21. The van der Waals surface area contributed by atoms with E-state index in [0.717, 1.165) is 0 Å². The van der Waals surface area contributed by atoms with E-state index in [0.29, 0.717) is 11.3 Å². The van der Waals surface area contributed by atoms with Crippen molar-refractivity contribution in [2.45, 2.75) is 13.0 Å². The van der Waals surface area contributed by atoms with Crippen LogP contribution in [0.5, 0.6) is 0 Å². The van der Waals surface area contributed by atoms with Crippen LogP contribution in [0.4, 0.5) is 13.2 Å². The molecule has 0 N–H and O–H groups in total. The van der Waals surface area contributed by atoms with Gasteiger partial charge in [0.2, 0.25) is 0 Å². The van der Waals surface area contributed by atoms with Crippen molar-refractivity contribution < 1.29 is 17.9 Å². The number of nitrogens with zero attached hydrogens (tertiary/aromatic N) is 2. The number of halogens is 4. The van der Waals surface area contributed by atoms with Gasteiger partial charge in [0.05, 0.1) is 12.2 Å². The highest BCUT2D eigenvalue weighted by Crippen LogP contribution is 2.19. The summed E-state index contributed by atoms with van der Waals surface area (Å²) >= 11 is 10.3. The summed E-state index contributed by atoms with van der Waals surface area (Å²) < 4.78 is 43.6. The third-order valence-corrected chi connectivity index (χ3v) is 3.15. The van der Waals surface area contributed by atoms with Gasteiger partial charge in [-0.3, -0.25) is 0 Å². The molecule has 0 bridgehead atoms. The minimum Gasteiger partial charge on any atom is -0.477 e. The molecule has 0 spiro atoms. The molecule has 0 fully saturated rings. The second kappa shape index (κ2) is 6.41. The molecular formula is C12H10ClF3N2OS. The zero-order valence-electron chi connectivity index (χ0n) is 10.2. The van der Waals surface area contributed by atoms with Crippen LogP contribution in [0.1, 0.15) is 5.56 Å². The van der Waals surface area contributed by atoms with Gasteiger partial charge < -0.3 is 9.64 Å². The van der Waals surface area contributed by atoms with E-state index < -0.39 is 18.8 Å². The van der Waals surface area contributed by atoms with Crippen molar-refractivity contribution in [1.29, 1.82) is 0 Å². The van der Waals surface area contributed by atoms with E-state index in [1.165, 1.54) is 23.2 Å². The minimum absolute atomic E-state index is 0.0727. The van der Waals surface area contributed by atoms with Crippen LogP contribution in [0.2, 0.25) is 5.15 Å². The maximum Gasteiger partial charge on any atom is 0.255 e. The fraction of sp³-hybridized carbons (Fsp3) is 0.333. The molecular weight excluding hydrogens is 313 g/mol. The topological polar surface area (TPSA) is 25.4 Å². The SMILES string of the molecule is Fc1cc(CN(CC(F)F)C2=CC(=S)OC2)cnc1Cl. The van der Waals surface area contributed by atoms with E-state index in [2.05, 4.69) is 4.98 Å². The first kappa shape index (κ1) is 15.1. The highest BCUT2D eigenvalue weighted by atomic mass is 35.5. The molecule has 0 aromatic carbocycles. The molecule has 1 aliphatic heterocycles. The summed E-state index contributed by atoms with van der Waals surface area (Å²) in [6.07, 6.45) is 0.325. The van der Waals surface area contributed by atoms with Crippen LogP contribution < -0.4 is 0 Å². The van der Waals surface area contributed by atoms with Crippen molar-refractivity contribution in [1.82, 2.24) is 9.88 Å². The van der Waals surface area contributed by atoms with Gasteiger partial charge in [-0.1, -0.05) is 11.6 Å². The zero-order valence-corrected chi connectivity index (χ0v) is 11.7. The molecule has 0 unspecified atom stereocenters. The van der Waals surface area contributed by atoms with Gasteiger partial charge in [-0.2, -0.15) is 0 Å². The maximum atomic E-state index is 13.3. The van der Waals surface area contributed by atoms with Gasteiger partial charge in [0, 0.05) is 18.8 Å². The molecule has 2 heterocycles. The average Bonchev–Trinajstić information content (AvgIpc) is 2.79. The van der Waals surface area contributed by atoms with E-state index in [9.17, 15) is 13.2 Å². The lowest BCUT2D eigenvalue weighted by Gasteiger charge is -2.24. The summed E-state index contributed by atoms with van der Waals surface area (Å²) in [5.41, 5.74) is 0.969. The van der Waals surface area contributed by atoms with Gasteiger partial charge in [-0.05, 0) is 23.8 Å². The number of rotatable bonds is 5. The fourth-order valence-corrected chi connectivity index (χ4v) is 2.06. The number of pyridine rings is 1. The molecule has 8 heteroatoms. The molecule has 0 saturated heterocycles. The Morgan fingerprint density at radius 3 is 2.80 bits per heavy atom. The third kappa shape index (κ3) is 3.83. The van der Waals surface area contributed by atoms with E-state index >= 15 is 0 Å². The summed E-state index contributed by atoms with van der Waals surface area (Å²) in [5.74, 6) is -0.687. The van der Waals surface area contributed by atoms with Gasteiger partial charge >= 0.3 is 0 Å². The van der Waals surface area contributed by atoms with Gasteiger partial charge in [-0.25, -0.2) is 18.2 Å². The van der Waals surface area contributed by atoms with Crippen LogP contribution in [-0.4, -0.2) is 34.5 Å². The number of ether oxygens (including phenoxy) is 1. The lowest BCUT2D eigenvalue weighted by molar-refractivity contribution is 0.0965. The van der Waals surface area contributed by atoms with Crippen LogP contribution in [-0.2, 0) is 11.3 Å². The summed E-state index contributed by atoms with van der Waals surface area (Å²) in [5, 5.41) is -0.00145. The number of thiocarbonyl (C=S) groups is 1. The maximum absolute atomic E-state index is 13.3. The summed E-state index contributed by atoms with van der Waals surface area (Å²) in [7, 11) is 0. The van der Waals surface area contributed by atoms with Crippen LogP contribution in [0.3, 0.4) is 0 Å². The molecule has 0 saturated carbocycles. The first-order valence-corrected chi connectivity index (χ1v) is 6.44. The molecule has 2 rings (SSSR count). The van der Waals surface area contributed by atoms with Gasteiger partial charge in [0.25, 0.3) is 6.43 Å². The third-order valence-electron chi connectivity index (χ3n) is 2.64. The Hall–Kier alpha value is -1.34. The van der Waals surface area contributed by atoms with Gasteiger partial charge in [0.1, 0.15) is 6.61 Å². The molecule has 0 atom stereocenters. The largest absolute Gasteiger partial charge is 0.477 e. The summed E-state index contributed by atoms with van der Waals surface area (Å²) in [4.78, 5) is 5.04. The highest BCUT2D eigenvalue weighted by molar-refractivity contribution is 7.80. The normalized spacial score (nSPS) is 14.4. The Bertz CT molecular complexity index is 554. The van der Waals surface area contributed by atoms with Crippen molar-refractivity contribution in [2.24, 2.45) is 0 Å². The lowest BCUT2D eigenvalue weighted by Crippen LogP contribution is -2.28. The summed E-state index contributed by atoms with van der Waals surface area (Å²) in [6, 6.07) is 1.17. The molecule has 1 aliphatic rings. The molecule has 0 radical (unpaired) electrons. The molecule has 1 aromatic heterocycles. The molecule has 3 nitrogen and oxygen atoms in total. The number of alkyl halides is 2. The number of hydrogen-bond donors (Lipinski definition) is 0. The first-order chi connectivity index (χ1) is 9.45. The molecule has 108 valence electrons. The zero-order chi connectivity index (χ0) is 14.7. The van der Waals surface area contributed by atoms with E-state index in [1.54, 1.807) is 0 Å². The Morgan fingerprint density at radius 2 is 2.25 bits per heavy atom.